The first-order chi connectivity index (χ1) is 5.31. The van der Waals surface area contributed by atoms with Gasteiger partial charge in [0.15, 0.2) is 0 Å². The van der Waals surface area contributed by atoms with Crippen molar-refractivity contribution in [2.75, 3.05) is 12.4 Å². The number of rotatable bonds is 5. The van der Waals surface area contributed by atoms with Crippen molar-refractivity contribution in [2.24, 2.45) is 0 Å². The number of allylic oxidation sites excluding steroid dienone is 2. The molecule has 0 unspecified atom stereocenters. The smallest absolute Gasteiger partial charge is 0.305 e. The van der Waals surface area contributed by atoms with Crippen LogP contribution in [0, 0.1) is 0 Å². The van der Waals surface area contributed by atoms with Gasteiger partial charge in [-0.15, -0.1) is 0 Å². The van der Waals surface area contributed by atoms with Crippen LogP contribution in [0.5, 0.6) is 0 Å². The van der Waals surface area contributed by atoms with Gasteiger partial charge in [-0.25, -0.2) is 0 Å². The Balaban J connectivity index is 3.19. The zero-order valence-corrected chi connectivity index (χ0v) is 8.26. The molecule has 0 aliphatic rings. The van der Waals surface area contributed by atoms with Gasteiger partial charge in [0, 0.05) is 11.8 Å². The first-order valence-corrected chi connectivity index (χ1v) is 4.71. The number of ether oxygens (including phenoxy) is 1. The van der Waals surface area contributed by atoms with Crippen LogP contribution in [-0.4, -0.2) is 18.4 Å². The molecular weight excluding hydrogens is 208 g/mol. The Morgan fingerprint density at radius 1 is 1.45 bits per heavy atom. The molecule has 0 fully saturated rings. The largest absolute Gasteiger partial charge is 0.469 e. The molecule has 0 rings (SSSR count). The zero-order chi connectivity index (χ0) is 8.53. The number of carbonyl (C=O) groups is 1. The maximum Gasteiger partial charge on any atom is 0.305 e. The minimum absolute atomic E-state index is 0.145. The molecule has 0 saturated carbocycles. The van der Waals surface area contributed by atoms with Crippen LogP contribution in [0.1, 0.15) is 19.3 Å². The fraction of sp³-hybridized carbons (Fsp3) is 0.625. The molecule has 0 bridgehead atoms. The summed E-state index contributed by atoms with van der Waals surface area (Å²) in [6.45, 7) is 0. The second-order valence-corrected chi connectivity index (χ2v) is 2.86. The normalized spacial score (nSPS) is 10.4. The zero-order valence-electron chi connectivity index (χ0n) is 6.68. The lowest BCUT2D eigenvalue weighted by molar-refractivity contribution is -0.140. The molecule has 0 N–H and O–H groups in total. The van der Waals surface area contributed by atoms with Gasteiger partial charge in [-0.1, -0.05) is 28.1 Å². The highest BCUT2D eigenvalue weighted by Gasteiger charge is 1.94. The van der Waals surface area contributed by atoms with E-state index >= 15 is 0 Å². The molecular formula is C8H13BrO2. The third kappa shape index (κ3) is 7.59. The highest BCUT2D eigenvalue weighted by molar-refractivity contribution is 9.09. The second kappa shape index (κ2) is 7.79. The van der Waals surface area contributed by atoms with Crippen LogP contribution in [0.4, 0.5) is 0 Å². The topological polar surface area (TPSA) is 26.3 Å². The summed E-state index contributed by atoms with van der Waals surface area (Å²) in [5.41, 5.74) is 0. The minimum atomic E-state index is -0.145. The molecule has 0 amide bonds. The van der Waals surface area contributed by atoms with Gasteiger partial charge in [0.1, 0.15) is 0 Å². The van der Waals surface area contributed by atoms with Crippen molar-refractivity contribution >= 4 is 21.9 Å². The van der Waals surface area contributed by atoms with Gasteiger partial charge in [-0.3, -0.25) is 4.79 Å². The van der Waals surface area contributed by atoms with E-state index < -0.39 is 0 Å². The lowest BCUT2D eigenvalue weighted by atomic mass is 10.3. The van der Waals surface area contributed by atoms with Crippen LogP contribution in [0.25, 0.3) is 0 Å². The Bertz CT molecular complexity index is 132. The van der Waals surface area contributed by atoms with Crippen molar-refractivity contribution in [1.82, 2.24) is 0 Å². The monoisotopic (exact) mass is 220 g/mol. The molecule has 64 valence electrons. The Morgan fingerprint density at radius 2 is 2.09 bits per heavy atom. The summed E-state index contributed by atoms with van der Waals surface area (Å²) >= 11 is 3.30. The van der Waals surface area contributed by atoms with E-state index in [4.69, 9.17) is 0 Å². The summed E-state index contributed by atoms with van der Waals surface area (Å²) in [5.74, 6) is -0.145. The van der Waals surface area contributed by atoms with Crippen LogP contribution < -0.4 is 0 Å². The molecule has 0 spiro atoms. The first kappa shape index (κ1) is 10.7. The number of alkyl halides is 1. The molecule has 2 nitrogen and oxygen atoms in total. The Labute approximate surface area is 75.7 Å². The number of hydrogen-bond acceptors (Lipinski definition) is 2. The van der Waals surface area contributed by atoms with E-state index in [0.717, 1.165) is 18.2 Å². The molecule has 0 radical (unpaired) electrons. The molecule has 0 aromatic heterocycles. The first-order valence-electron chi connectivity index (χ1n) is 3.59. The number of hydrogen-bond donors (Lipinski definition) is 0. The van der Waals surface area contributed by atoms with Crippen molar-refractivity contribution in [2.45, 2.75) is 19.3 Å². The van der Waals surface area contributed by atoms with Crippen molar-refractivity contribution in [3.63, 3.8) is 0 Å². The lowest BCUT2D eigenvalue weighted by Crippen LogP contribution is -1.97. The molecule has 0 aromatic rings. The number of halogens is 1. The number of methoxy groups -OCH3 is 1. The Morgan fingerprint density at radius 3 is 2.64 bits per heavy atom. The standard InChI is InChI=1S/C8H13BrO2/c1-11-8(10)6-4-2-3-5-7-9/h2-3H,4-7H2,1H3/b3-2+. The summed E-state index contributed by atoms with van der Waals surface area (Å²) in [7, 11) is 1.41. The van der Waals surface area contributed by atoms with Gasteiger partial charge >= 0.3 is 5.97 Å². The van der Waals surface area contributed by atoms with E-state index in [2.05, 4.69) is 26.7 Å². The molecule has 0 aliphatic heterocycles. The number of carbonyl (C=O) groups excluding carboxylic acids is 1. The SMILES string of the molecule is COC(=O)CC/C=C/CCBr. The van der Waals surface area contributed by atoms with Gasteiger partial charge in [0.2, 0.25) is 0 Å². The van der Waals surface area contributed by atoms with E-state index in [9.17, 15) is 4.79 Å². The second-order valence-electron chi connectivity index (χ2n) is 2.06. The van der Waals surface area contributed by atoms with Crippen LogP contribution in [-0.2, 0) is 9.53 Å². The fourth-order valence-electron chi connectivity index (χ4n) is 0.602. The maximum absolute atomic E-state index is 10.6. The van der Waals surface area contributed by atoms with Crippen molar-refractivity contribution in [1.29, 1.82) is 0 Å². The van der Waals surface area contributed by atoms with Gasteiger partial charge in [-0.05, 0) is 12.8 Å². The summed E-state index contributed by atoms with van der Waals surface area (Å²) in [4.78, 5) is 10.6. The Kier molecular flexibility index (Phi) is 7.57. The van der Waals surface area contributed by atoms with Gasteiger partial charge in [0.25, 0.3) is 0 Å². The molecule has 0 heterocycles. The van der Waals surface area contributed by atoms with Crippen molar-refractivity contribution in [3.8, 4) is 0 Å². The average molecular weight is 221 g/mol. The predicted octanol–water partition coefficient (Wildman–Crippen LogP) is 2.28. The van der Waals surface area contributed by atoms with E-state index in [1.807, 2.05) is 6.08 Å². The van der Waals surface area contributed by atoms with E-state index in [-0.39, 0.29) is 5.97 Å². The highest BCUT2D eigenvalue weighted by Crippen LogP contribution is 1.95. The summed E-state index contributed by atoms with van der Waals surface area (Å²) < 4.78 is 4.47. The van der Waals surface area contributed by atoms with E-state index in [0.29, 0.717) is 6.42 Å². The maximum atomic E-state index is 10.6. The predicted molar refractivity (Wildman–Crippen MR) is 48.8 cm³/mol. The van der Waals surface area contributed by atoms with Crippen LogP contribution in [0.3, 0.4) is 0 Å². The molecule has 3 heteroatoms. The van der Waals surface area contributed by atoms with Crippen molar-refractivity contribution in [3.05, 3.63) is 12.2 Å². The van der Waals surface area contributed by atoms with Crippen molar-refractivity contribution < 1.29 is 9.53 Å². The van der Waals surface area contributed by atoms with Crippen LogP contribution in [0.2, 0.25) is 0 Å². The third-order valence-corrected chi connectivity index (χ3v) is 1.64. The van der Waals surface area contributed by atoms with Gasteiger partial charge in [-0.2, -0.15) is 0 Å². The van der Waals surface area contributed by atoms with Crippen LogP contribution in [0.15, 0.2) is 12.2 Å². The summed E-state index contributed by atoms with van der Waals surface area (Å²) in [5, 5.41) is 0.974. The fourth-order valence-corrected chi connectivity index (χ4v) is 0.866. The number of esters is 1. The third-order valence-electron chi connectivity index (χ3n) is 1.19. The molecule has 0 aromatic carbocycles. The quantitative estimate of drug-likeness (QED) is 0.404. The van der Waals surface area contributed by atoms with E-state index in [1.54, 1.807) is 0 Å². The molecule has 0 aliphatic carbocycles. The summed E-state index contributed by atoms with van der Waals surface area (Å²) in [6.07, 6.45) is 6.33. The van der Waals surface area contributed by atoms with Gasteiger partial charge in [0.05, 0.1) is 7.11 Å². The molecule has 0 saturated heterocycles. The minimum Gasteiger partial charge on any atom is -0.469 e. The molecule has 11 heavy (non-hydrogen) atoms. The Hall–Kier alpha value is -0.310. The summed E-state index contributed by atoms with van der Waals surface area (Å²) in [6, 6.07) is 0. The molecule has 0 atom stereocenters. The highest BCUT2D eigenvalue weighted by atomic mass is 79.9. The van der Waals surface area contributed by atoms with Crippen LogP contribution >= 0.6 is 15.9 Å². The van der Waals surface area contributed by atoms with E-state index in [1.165, 1.54) is 7.11 Å². The average Bonchev–Trinajstić information content (AvgIpc) is 2.04. The van der Waals surface area contributed by atoms with Gasteiger partial charge < -0.3 is 4.74 Å². The lowest BCUT2D eigenvalue weighted by Gasteiger charge is -1.93.